The van der Waals surface area contributed by atoms with Crippen LogP contribution in [0.3, 0.4) is 0 Å². The molecule has 3 aromatic carbocycles. The van der Waals surface area contributed by atoms with Gasteiger partial charge in [-0.15, -0.1) is 0 Å². The van der Waals surface area contributed by atoms with Gasteiger partial charge in [0.2, 0.25) is 0 Å². The standard InChI is InChI=1S/C22H16ClN3O3/c1-29-17-6-4-5-15(13-17)24-21(27)20-18-7-2-3-8-19(18)22(28)26(25-20)16-11-9-14(23)10-12-16/h2-13H,1H3,(H,24,27). The molecule has 0 aliphatic carbocycles. The number of hydrogen-bond donors (Lipinski definition) is 1. The van der Waals surface area contributed by atoms with Gasteiger partial charge in [0.25, 0.3) is 11.5 Å². The summed E-state index contributed by atoms with van der Waals surface area (Å²) in [5.41, 5.74) is 0.892. The van der Waals surface area contributed by atoms with Crippen LogP contribution in [0, 0.1) is 0 Å². The number of amides is 1. The quantitative estimate of drug-likeness (QED) is 0.549. The van der Waals surface area contributed by atoms with Gasteiger partial charge in [0.15, 0.2) is 5.69 Å². The van der Waals surface area contributed by atoms with Crippen molar-refractivity contribution in [1.82, 2.24) is 9.78 Å². The summed E-state index contributed by atoms with van der Waals surface area (Å²) < 4.78 is 6.40. The monoisotopic (exact) mass is 405 g/mol. The number of ether oxygens (including phenoxy) is 1. The molecule has 1 N–H and O–H groups in total. The zero-order chi connectivity index (χ0) is 20.4. The molecule has 4 rings (SSSR count). The lowest BCUT2D eigenvalue weighted by atomic mass is 10.1. The van der Waals surface area contributed by atoms with Gasteiger partial charge in [0, 0.05) is 22.2 Å². The first-order valence-electron chi connectivity index (χ1n) is 8.80. The van der Waals surface area contributed by atoms with Gasteiger partial charge in [0.1, 0.15) is 5.75 Å². The maximum Gasteiger partial charge on any atom is 0.279 e. The molecule has 0 spiro atoms. The second kappa shape index (κ2) is 7.77. The van der Waals surface area contributed by atoms with E-state index in [1.165, 1.54) is 4.68 Å². The SMILES string of the molecule is COc1cccc(NC(=O)c2nn(-c3ccc(Cl)cc3)c(=O)c3ccccc23)c1. The Kier molecular flexibility index (Phi) is 5.01. The molecule has 144 valence electrons. The van der Waals surface area contributed by atoms with Crippen molar-refractivity contribution in [2.24, 2.45) is 0 Å². The van der Waals surface area contributed by atoms with E-state index in [1.807, 2.05) is 0 Å². The maximum atomic E-state index is 13.0. The van der Waals surface area contributed by atoms with E-state index < -0.39 is 5.91 Å². The highest BCUT2D eigenvalue weighted by atomic mass is 35.5. The van der Waals surface area contributed by atoms with Gasteiger partial charge in [-0.3, -0.25) is 9.59 Å². The topological polar surface area (TPSA) is 73.2 Å². The van der Waals surface area contributed by atoms with Gasteiger partial charge in [-0.25, -0.2) is 0 Å². The zero-order valence-electron chi connectivity index (χ0n) is 15.4. The van der Waals surface area contributed by atoms with Crippen LogP contribution in [0.25, 0.3) is 16.5 Å². The molecule has 1 heterocycles. The van der Waals surface area contributed by atoms with Gasteiger partial charge >= 0.3 is 0 Å². The van der Waals surface area contributed by atoms with E-state index >= 15 is 0 Å². The van der Waals surface area contributed by atoms with Crippen molar-refractivity contribution in [3.8, 4) is 11.4 Å². The number of aromatic nitrogens is 2. The summed E-state index contributed by atoms with van der Waals surface area (Å²) in [6, 6.07) is 20.6. The van der Waals surface area contributed by atoms with E-state index in [-0.39, 0.29) is 11.3 Å². The summed E-state index contributed by atoms with van der Waals surface area (Å²) in [5, 5.41) is 8.58. The first-order chi connectivity index (χ1) is 14.1. The molecule has 0 unspecified atom stereocenters. The van der Waals surface area contributed by atoms with Gasteiger partial charge < -0.3 is 10.1 Å². The van der Waals surface area contributed by atoms with Crippen molar-refractivity contribution < 1.29 is 9.53 Å². The fourth-order valence-electron chi connectivity index (χ4n) is 3.01. The van der Waals surface area contributed by atoms with Crippen molar-refractivity contribution >= 4 is 34.0 Å². The lowest BCUT2D eigenvalue weighted by molar-refractivity contribution is 0.102. The van der Waals surface area contributed by atoms with E-state index in [1.54, 1.807) is 79.9 Å². The van der Waals surface area contributed by atoms with Gasteiger partial charge in [-0.05, 0) is 42.5 Å². The number of nitrogens with one attached hydrogen (secondary N) is 1. The molecule has 1 aromatic heterocycles. The first kappa shape index (κ1) is 18.7. The lowest BCUT2D eigenvalue weighted by Crippen LogP contribution is -2.26. The Labute approximate surface area is 171 Å². The summed E-state index contributed by atoms with van der Waals surface area (Å²) in [7, 11) is 1.55. The van der Waals surface area contributed by atoms with Crippen LogP contribution in [0.1, 0.15) is 10.5 Å². The summed E-state index contributed by atoms with van der Waals surface area (Å²) in [6.07, 6.45) is 0. The van der Waals surface area contributed by atoms with E-state index in [9.17, 15) is 9.59 Å². The molecule has 0 radical (unpaired) electrons. The number of halogens is 1. The Morgan fingerprint density at radius 3 is 2.45 bits per heavy atom. The largest absolute Gasteiger partial charge is 0.497 e. The molecule has 0 fully saturated rings. The Bertz CT molecular complexity index is 1270. The number of anilines is 1. The highest BCUT2D eigenvalue weighted by Gasteiger charge is 2.18. The van der Waals surface area contributed by atoms with Crippen LogP contribution in [0.5, 0.6) is 5.75 Å². The molecular formula is C22H16ClN3O3. The van der Waals surface area contributed by atoms with Crippen LogP contribution in [0.15, 0.2) is 77.6 Å². The molecule has 0 atom stereocenters. The van der Waals surface area contributed by atoms with Gasteiger partial charge in [-0.1, -0.05) is 35.9 Å². The number of methoxy groups -OCH3 is 1. The van der Waals surface area contributed by atoms with E-state index in [4.69, 9.17) is 16.3 Å². The predicted molar refractivity (Wildman–Crippen MR) is 113 cm³/mol. The molecule has 1 amide bonds. The van der Waals surface area contributed by atoms with Crippen LogP contribution >= 0.6 is 11.6 Å². The minimum atomic E-state index is -0.433. The van der Waals surface area contributed by atoms with Crippen LogP contribution in [0.2, 0.25) is 5.02 Å². The van der Waals surface area contributed by atoms with Crippen molar-refractivity contribution in [2.45, 2.75) is 0 Å². The number of rotatable bonds is 4. The molecular weight excluding hydrogens is 390 g/mol. The Hall–Kier alpha value is -3.64. The second-order valence-corrected chi connectivity index (χ2v) is 6.71. The van der Waals surface area contributed by atoms with Gasteiger partial charge in [-0.2, -0.15) is 9.78 Å². The maximum absolute atomic E-state index is 13.0. The van der Waals surface area contributed by atoms with Crippen molar-refractivity contribution in [1.29, 1.82) is 0 Å². The summed E-state index contributed by atoms with van der Waals surface area (Å²) >= 11 is 5.95. The molecule has 0 saturated carbocycles. The van der Waals surface area contributed by atoms with Crippen LogP contribution in [-0.4, -0.2) is 22.8 Å². The Morgan fingerprint density at radius 2 is 1.72 bits per heavy atom. The molecule has 0 aliphatic heterocycles. The highest BCUT2D eigenvalue weighted by Crippen LogP contribution is 2.20. The molecule has 4 aromatic rings. The minimum Gasteiger partial charge on any atom is -0.497 e. The minimum absolute atomic E-state index is 0.137. The van der Waals surface area contributed by atoms with E-state index in [0.29, 0.717) is 32.9 Å². The number of nitrogens with zero attached hydrogens (tertiary/aromatic N) is 2. The number of hydrogen-bond acceptors (Lipinski definition) is 4. The molecule has 29 heavy (non-hydrogen) atoms. The number of carbonyl (C=O) groups is 1. The highest BCUT2D eigenvalue weighted by molar-refractivity contribution is 6.30. The molecule has 0 bridgehead atoms. The van der Waals surface area contributed by atoms with E-state index in [2.05, 4.69) is 10.4 Å². The zero-order valence-corrected chi connectivity index (χ0v) is 16.2. The lowest BCUT2D eigenvalue weighted by Gasteiger charge is -2.12. The van der Waals surface area contributed by atoms with Crippen molar-refractivity contribution in [2.75, 3.05) is 12.4 Å². The average molecular weight is 406 g/mol. The molecule has 7 heteroatoms. The summed E-state index contributed by atoms with van der Waals surface area (Å²) in [5.74, 6) is 0.184. The molecule has 0 aliphatic rings. The van der Waals surface area contributed by atoms with Gasteiger partial charge in [0.05, 0.1) is 18.2 Å². The third-order valence-corrected chi connectivity index (χ3v) is 4.67. The number of carbonyl (C=O) groups excluding carboxylic acids is 1. The van der Waals surface area contributed by atoms with Crippen LogP contribution in [0.4, 0.5) is 5.69 Å². The molecule has 0 saturated heterocycles. The number of fused-ring (bicyclic) bond motifs is 1. The van der Waals surface area contributed by atoms with Crippen LogP contribution < -0.4 is 15.6 Å². The fraction of sp³-hybridized carbons (Fsp3) is 0.0455. The van der Waals surface area contributed by atoms with Crippen LogP contribution in [-0.2, 0) is 0 Å². The predicted octanol–water partition coefficient (Wildman–Crippen LogP) is 4.30. The summed E-state index contributed by atoms with van der Waals surface area (Å²) in [6.45, 7) is 0. The number of benzene rings is 3. The van der Waals surface area contributed by atoms with E-state index in [0.717, 1.165) is 0 Å². The first-order valence-corrected chi connectivity index (χ1v) is 9.18. The van der Waals surface area contributed by atoms with Crippen molar-refractivity contribution in [3.05, 3.63) is 93.9 Å². The third kappa shape index (κ3) is 3.70. The molecule has 6 nitrogen and oxygen atoms in total. The average Bonchev–Trinajstić information content (AvgIpc) is 2.75. The smallest absolute Gasteiger partial charge is 0.279 e. The normalized spacial score (nSPS) is 10.7. The van der Waals surface area contributed by atoms with Crippen molar-refractivity contribution in [3.63, 3.8) is 0 Å². The Morgan fingerprint density at radius 1 is 1.00 bits per heavy atom. The summed E-state index contributed by atoms with van der Waals surface area (Å²) in [4.78, 5) is 26.0. The Balaban J connectivity index is 1.84. The third-order valence-electron chi connectivity index (χ3n) is 4.42. The fourth-order valence-corrected chi connectivity index (χ4v) is 3.13. The second-order valence-electron chi connectivity index (χ2n) is 6.27.